The van der Waals surface area contributed by atoms with Crippen molar-refractivity contribution in [2.75, 3.05) is 0 Å². The van der Waals surface area contributed by atoms with Gasteiger partial charge in [-0.05, 0) is 83.1 Å². The van der Waals surface area contributed by atoms with Gasteiger partial charge in [-0.25, -0.2) is 0 Å². The topological polar surface area (TPSA) is 0 Å². The van der Waals surface area contributed by atoms with Gasteiger partial charge >= 0.3 is 0 Å². The standard InChI is InChI=1S/C54H56B2/c1-31-21-35(5)51(36(6)22-31)55(52-37(7)23-32(2)24-38(52)8)47-19-15-13-17-43(47)45-30-50-46(29-49(45)55)44-18-14-16-20-48(44)56(50,53-39(9)25-33(3)26-40(53)10)54-41(11)27-34(4)28-42(54)12/h13-30,49-50H,1-12H3/q-2/t49-,50+. The van der Waals surface area contributed by atoms with E-state index in [1.165, 1.54) is 122 Å². The quantitative estimate of drug-likeness (QED) is 0.159. The molecule has 0 unspecified atom stereocenters. The summed E-state index contributed by atoms with van der Waals surface area (Å²) in [6, 6.07) is 38.6. The molecule has 0 nitrogen and oxygen atoms in total. The van der Waals surface area contributed by atoms with E-state index in [1.807, 2.05) is 0 Å². The number of aryl methyl sites for hydroxylation is 12. The minimum absolute atomic E-state index is 0.180. The number of rotatable bonds is 4. The normalized spacial score (nSPS) is 18.5. The molecule has 2 heteroatoms. The molecule has 2 aliphatic heterocycles. The van der Waals surface area contributed by atoms with Crippen molar-refractivity contribution >= 4 is 56.2 Å². The van der Waals surface area contributed by atoms with E-state index >= 15 is 0 Å². The van der Waals surface area contributed by atoms with Crippen LogP contribution in [0.25, 0.3) is 11.1 Å². The Hall–Kier alpha value is -5.07. The van der Waals surface area contributed by atoms with Crippen LogP contribution in [-0.2, 0) is 0 Å². The van der Waals surface area contributed by atoms with E-state index in [1.54, 1.807) is 0 Å². The molecule has 9 rings (SSSR count). The molecular weight excluding hydrogens is 670 g/mol. The second-order valence-electron chi connectivity index (χ2n) is 18.6. The minimum atomic E-state index is -1.47. The van der Waals surface area contributed by atoms with Crippen LogP contribution < -0.4 is 32.8 Å². The Kier molecular flexibility index (Phi) is 8.31. The number of hydrogen-bond acceptors (Lipinski definition) is 0. The zero-order valence-electron chi connectivity index (χ0n) is 35.7. The van der Waals surface area contributed by atoms with Crippen molar-refractivity contribution in [1.29, 1.82) is 0 Å². The second-order valence-corrected chi connectivity index (χ2v) is 18.6. The molecule has 0 saturated heterocycles. The van der Waals surface area contributed by atoms with Crippen LogP contribution in [-0.4, -0.2) is 12.3 Å². The van der Waals surface area contributed by atoms with Gasteiger partial charge in [0.15, 0.2) is 0 Å². The van der Waals surface area contributed by atoms with Crippen LogP contribution in [0.5, 0.6) is 0 Å². The maximum absolute atomic E-state index is 2.82. The van der Waals surface area contributed by atoms with Crippen LogP contribution in [0.15, 0.2) is 109 Å². The van der Waals surface area contributed by atoms with Crippen molar-refractivity contribution in [3.05, 3.63) is 187 Å². The van der Waals surface area contributed by atoms with Gasteiger partial charge in [-0.1, -0.05) is 186 Å². The highest BCUT2D eigenvalue weighted by atomic mass is 14.4. The lowest BCUT2D eigenvalue weighted by Gasteiger charge is -2.52. The summed E-state index contributed by atoms with van der Waals surface area (Å²) < 4.78 is 0. The summed E-state index contributed by atoms with van der Waals surface area (Å²) in [5.74, 6) is 0.359. The largest absolute Gasteiger partial charge is 0.193 e. The van der Waals surface area contributed by atoms with Crippen molar-refractivity contribution in [3.8, 4) is 0 Å². The molecule has 0 bridgehead atoms. The lowest BCUT2D eigenvalue weighted by Crippen LogP contribution is -2.71. The maximum Gasteiger partial charge on any atom is 0.0946 e. The maximum atomic E-state index is 2.82. The summed E-state index contributed by atoms with van der Waals surface area (Å²) in [6.07, 6.45) is 2.70. The molecule has 0 N–H and O–H groups in total. The molecule has 3 aliphatic rings. The van der Waals surface area contributed by atoms with Gasteiger partial charge in [-0.3, -0.25) is 0 Å². The van der Waals surface area contributed by atoms with Gasteiger partial charge in [0.25, 0.3) is 0 Å². The predicted octanol–water partition coefficient (Wildman–Crippen LogP) is 9.58. The highest BCUT2D eigenvalue weighted by molar-refractivity contribution is 7.17. The molecule has 0 aromatic heterocycles. The van der Waals surface area contributed by atoms with E-state index in [4.69, 9.17) is 0 Å². The first kappa shape index (κ1) is 36.6. The van der Waals surface area contributed by atoms with E-state index in [2.05, 4.69) is 192 Å². The fourth-order valence-corrected chi connectivity index (χ4v) is 14.1. The van der Waals surface area contributed by atoms with Crippen LogP contribution in [0.2, 0.25) is 11.6 Å². The number of hydrogen-bond donors (Lipinski definition) is 0. The summed E-state index contributed by atoms with van der Waals surface area (Å²) in [5.41, 5.74) is 31.6. The molecule has 1 aliphatic carbocycles. The van der Waals surface area contributed by atoms with Gasteiger partial charge in [0.1, 0.15) is 0 Å². The summed E-state index contributed by atoms with van der Waals surface area (Å²) in [6.45, 7) is 28.1. The van der Waals surface area contributed by atoms with E-state index in [0.717, 1.165) is 0 Å². The fraction of sp³-hybridized carbons (Fsp3) is 0.259. The van der Waals surface area contributed by atoms with Gasteiger partial charge < -0.3 is 0 Å². The average Bonchev–Trinajstić information content (AvgIpc) is 3.54. The molecular formula is C54H56B2-2. The van der Waals surface area contributed by atoms with Crippen molar-refractivity contribution < 1.29 is 0 Å². The van der Waals surface area contributed by atoms with Gasteiger partial charge in [0, 0.05) is 0 Å². The van der Waals surface area contributed by atoms with Crippen molar-refractivity contribution in [2.24, 2.45) is 0 Å². The Morgan fingerprint density at radius 1 is 0.321 bits per heavy atom. The first-order chi connectivity index (χ1) is 26.7. The lowest BCUT2D eigenvalue weighted by molar-refractivity contribution is 1.21. The molecule has 2 heterocycles. The van der Waals surface area contributed by atoms with Gasteiger partial charge in [-0.15, -0.1) is 23.8 Å². The third-order valence-corrected chi connectivity index (χ3v) is 14.8. The molecule has 280 valence electrons. The summed E-state index contributed by atoms with van der Waals surface area (Å²) in [5, 5.41) is 0. The van der Waals surface area contributed by atoms with E-state index < -0.39 is 12.3 Å². The van der Waals surface area contributed by atoms with Gasteiger partial charge in [0.05, 0.1) is 12.3 Å². The predicted molar refractivity (Wildman–Crippen MR) is 248 cm³/mol. The second kappa shape index (κ2) is 12.7. The Morgan fingerprint density at radius 3 is 0.804 bits per heavy atom. The highest BCUT2D eigenvalue weighted by Crippen LogP contribution is 2.57. The zero-order valence-corrected chi connectivity index (χ0v) is 35.7. The van der Waals surface area contributed by atoms with Crippen LogP contribution in [0.4, 0.5) is 0 Å². The molecule has 0 fully saturated rings. The van der Waals surface area contributed by atoms with Crippen molar-refractivity contribution in [3.63, 3.8) is 0 Å². The Labute approximate surface area is 336 Å². The van der Waals surface area contributed by atoms with Crippen LogP contribution in [0.1, 0.15) is 77.9 Å². The molecule has 6 aromatic rings. The van der Waals surface area contributed by atoms with Crippen molar-refractivity contribution in [1.82, 2.24) is 0 Å². The van der Waals surface area contributed by atoms with E-state index in [0.29, 0.717) is 0 Å². The Morgan fingerprint density at radius 2 is 0.554 bits per heavy atom. The first-order valence-corrected chi connectivity index (χ1v) is 21.0. The molecule has 0 amide bonds. The monoisotopic (exact) mass is 726 g/mol. The molecule has 2 atom stereocenters. The minimum Gasteiger partial charge on any atom is -0.193 e. The van der Waals surface area contributed by atoms with Crippen LogP contribution in [0, 0.1) is 83.1 Å². The average molecular weight is 727 g/mol. The fourth-order valence-electron chi connectivity index (χ4n) is 14.1. The summed E-state index contributed by atoms with van der Waals surface area (Å²) >= 11 is 0. The van der Waals surface area contributed by atoms with Gasteiger partial charge in [-0.2, -0.15) is 32.8 Å². The van der Waals surface area contributed by atoms with Crippen molar-refractivity contribution in [2.45, 2.75) is 94.7 Å². The number of allylic oxidation sites excluding steroid dienone is 4. The van der Waals surface area contributed by atoms with Gasteiger partial charge in [0.2, 0.25) is 0 Å². The SMILES string of the molecule is Cc1cc(C)c([B-]2(c3c(C)cc(C)cc3C)c3ccccc3C3=C[C@H]4C(=C[C@H]32)c2ccccc2[B-]4(c2c(C)cc(C)cc2C)c2c(C)cc(C)cc2C)c(C)c1. The van der Waals surface area contributed by atoms with E-state index in [9.17, 15) is 0 Å². The number of fused-ring (bicyclic) bond motifs is 6. The molecule has 6 aromatic carbocycles. The van der Waals surface area contributed by atoms with Crippen LogP contribution in [0.3, 0.4) is 0 Å². The van der Waals surface area contributed by atoms with Crippen LogP contribution >= 0.6 is 0 Å². The molecule has 56 heavy (non-hydrogen) atoms. The first-order valence-electron chi connectivity index (χ1n) is 21.0. The number of benzene rings is 6. The third kappa shape index (κ3) is 4.81. The summed E-state index contributed by atoms with van der Waals surface area (Å²) in [7, 11) is 0. The highest BCUT2D eigenvalue weighted by Gasteiger charge is 2.53. The zero-order chi connectivity index (χ0) is 39.6. The smallest absolute Gasteiger partial charge is 0.0946 e. The van der Waals surface area contributed by atoms with E-state index in [-0.39, 0.29) is 11.6 Å². The molecule has 0 saturated carbocycles. The molecule has 0 radical (unpaired) electrons. The summed E-state index contributed by atoms with van der Waals surface area (Å²) in [4.78, 5) is 0. The Bertz CT molecular complexity index is 2340. The molecule has 0 spiro atoms. The lowest BCUT2D eigenvalue weighted by atomic mass is 9.09. The Balaban J connectivity index is 1.47. The third-order valence-electron chi connectivity index (χ3n) is 14.8.